The molecule has 0 aliphatic rings. The molecule has 0 aliphatic heterocycles. The Hall–Kier alpha value is 0.892. The summed E-state index contributed by atoms with van der Waals surface area (Å²) < 4.78 is 0. The number of hydrogen-bond donors (Lipinski definition) is 0. The molecule has 0 radical (unpaired) electrons. The van der Waals surface area contributed by atoms with E-state index in [0.717, 1.165) is 0 Å². The molecular formula is C10H11Cl2FePPd. The van der Waals surface area contributed by atoms with E-state index in [-0.39, 0.29) is 62.3 Å². The summed E-state index contributed by atoms with van der Waals surface area (Å²) in [7, 11) is 2.62. The van der Waals surface area contributed by atoms with E-state index in [4.69, 9.17) is 0 Å². The second-order valence-corrected chi connectivity index (χ2v) is 2.85. The Morgan fingerprint density at radius 1 is 0.933 bits per heavy atom. The Bertz CT molecular complexity index is 242. The quantitative estimate of drug-likeness (QED) is 0.245. The van der Waals surface area contributed by atoms with Gasteiger partial charge in [-0.3, -0.25) is 0 Å². The van der Waals surface area contributed by atoms with Crippen molar-refractivity contribution in [2.75, 3.05) is 0 Å². The Kier molecular flexibility index (Phi) is 28.7. The van der Waals surface area contributed by atoms with E-state index < -0.39 is 0 Å². The fraction of sp³-hybridized carbons (Fsp3) is 0. The molecule has 0 saturated carbocycles. The van der Waals surface area contributed by atoms with Crippen molar-refractivity contribution in [2.24, 2.45) is 0 Å². The summed E-state index contributed by atoms with van der Waals surface area (Å²) in [6, 6.07) is 18.1. The largest absolute Gasteiger partial charge is 2.00 e. The van der Waals surface area contributed by atoms with Gasteiger partial charge in [-0.05, 0) is 0 Å². The molecule has 2 aromatic carbocycles. The summed E-state index contributed by atoms with van der Waals surface area (Å²) in [4.78, 5) is 0. The molecule has 0 spiro atoms. The Balaban J connectivity index is -0.0000000642. The zero-order valence-corrected chi connectivity index (χ0v) is 13.0. The van der Waals surface area contributed by atoms with Gasteiger partial charge in [0.05, 0.1) is 0 Å². The number of hydrogen-bond acceptors (Lipinski definition) is 0. The first kappa shape index (κ1) is 24.9. The summed E-state index contributed by atoms with van der Waals surface area (Å²) in [6.07, 6.45) is 0. The topological polar surface area (TPSA) is 0 Å². The Labute approximate surface area is 130 Å². The van der Waals surface area contributed by atoms with Gasteiger partial charge < -0.3 is 24.8 Å². The second kappa shape index (κ2) is 17.3. The van der Waals surface area contributed by atoms with Crippen LogP contribution in [-0.4, -0.2) is 0 Å². The van der Waals surface area contributed by atoms with Crippen LogP contribution in [0, 0.1) is 0 Å². The van der Waals surface area contributed by atoms with Crippen LogP contribution in [0.5, 0.6) is 0 Å². The van der Waals surface area contributed by atoms with Gasteiger partial charge in [0.1, 0.15) is 0 Å². The molecule has 5 heteroatoms. The molecule has 0 fully saturated rings. The zero-order valence-electron chi connectivity index (χ0n) is 7.70. The first-order valence-corrected chi connectivity index (χ1v) is 4.11. The summed E-state index contributed by atoms with van der Waals surface area (Å²) >= 11 is 0. The van der Waals surface area contributed by atoms with Crippen LogP contribution < -0.4 is 30.1 Å². The molecule has 15 heavy (non-hydrogen) atoms. The van der Waals surface area contributed by atoms with E-state index in [2.05, 4.69) is 9.24 Å². The predicted molar refractivity (Wildman–Crippen MR) is 53.4 cm³/mol. The van der Waals surface area contributed by atoms with Crippen LogP contribution >= 0.6 is 9.24 Å². The van der Waals surface area contributed by atoms with E-state index >= 15 is 0 Å². The molecule has 0 N–H and O–H groups in total. The molecule has 2 rings (SSSR count). The molecular weight excluding hydrogens is 384 g/mol. The normalized spacial score (nSPS) is 6.20. The van der Waals surface area contributed by atoms with Gasteiger partial charge in [0, 0.05) is 0 Å². The van der Waals surface area contributed by atoms with Crippen molar-refractivity contribution < 1.29 is 62.3 Å². The van der Waals surface area contributed by atoms with Crippen LogP contribution in [-0.2, 0) is 37.5 Å². The summed E-state index contributed by atoms with van der Waals surface area (Å²) in [6.45, 7) is 0. The van der Waals surface area contributed by atoms with Gasteiger partial charge in [-0.1, -0.05) is 0 Å². The monoisotopic (exact) mass is 394 g/mol. The van der Waals surface area contributed by atoms with E-state index in [9.17, 15) is 0 Å². The standard InChI is InChI=1S/C5H6P.C5H5.2ClH.Fe.Pd/c6-5-3-1-2-4-5;1-2-4-5-3-1;;;;/h1-4H,6H2;1-5H;2*1H;;/q2*-1;;;2*+2/p-2. The second-order valence-electron chi connectivity index (χ2n) is 2.18. The minimum Gasteiger partial charge on any atom is -1.00 e. The summed E-state index contributed by atoms with van der Waals surface area (Å²) in [5.74, 6) is 0. The van der Waals surface area contributed by atoms with E-state index in [1.54, 1.807) is 0 Å². The van der Waals surface area contributed by atoms with Crippen LogP contribution in [0.15, 0.2) is 54.6 Å². The van der Waals surface area contributed by atoms with Crippen LogP contribution in [0.1, 0.15) is 0 Å². The van der Waals surface area contributed by atoms with Crippen molar-refractivity contribution >= 4 is 14.5 Å². The van der Waals surface area contributed by atoms with Gasteiger partial charge in [0.2, 0.25) is 0 Å². The van der Waals surface area contributed by atoms with Crippen molar-refractivity contribution in [1.29, 1.82) is 0 Å². The molecule has 0 amide bonds. The van der Waals surface area contributed by atoms with Gasteiger partial charge in [-0.15, -0.1) is 14.5 Å². The van der Waals surface area contributed by atoms with Crippen LogP contribution in [0.4, 0.5) is 0 Å². The third-order valence-corrected chi connectivity index (χ3v) is 1.63. The molecule has 0 nitrogen and oxygen atoms in total. The van der Waals surface area contributed by atoms with Gasteiger partial charge in [0.25, 0.3) is 0 Å². The first-order valence-electron chi connectivity index (χ1n) is 3.53. The van der Waals surface area contributed by atoms with Crippen molar-refractivity contribution in [3.05, 3.63) is 54.6 Å². The summed E-state index contributed by atoms with van der Waals surface area (Å²) in [5.41, 5.74) is 0. The van der Waals surface area contributed by atoms with E-state index in [0.29, 0.717) is 0 Å². The molecule has 2 aromatic rings. The van der Waals surface area contributed by atoms with E-state index in [1.807, 2.05) is 54.6 Å². The van der Waals surface area contributed by atoms with Crippen molar-refractivity contribution in [3.63, 3.8) is 0 Å². The third kappa shape index (κ3) is 14.9. The summed E-state index contributed by atoms with van der Waals surface area (Å²) in [5, 5.41) is 1.26. The van der Waals surface area contributed by atoms with Crippen molar-refractivity contribution in [3.8, 4) is 0 Å². The van der Waals surface area contributed by atoms with Crippen LogP contribution in [0.25, 0.3) is 0 Å². The third-order valence-electron chi connectivity index (χ3n) is 1.24. The maximum atomic E-state index is 2.62. The molecule has 88 valence electrons. The minimum absolute atomic E-state index is 0. The van der Waals surface area contributed by atoms with Crippen molar-refractivity contribution in [2.45, 2.75) is 0 Å². The molecule has 0 aliphatic carbocycles. The van der Waals surface area contributed by atoms with E-state index in [1.165, 1.54) is 5.30 Å². The van der Waals surface area contributed by atoms with Crippen LogP contribution in [0.3, 0.4) is 0 Å². The van der Waals surface area contributed by atoms with Gasteiger partial charge in [-0.2, -0.15) is 30.3 Å². The van der Waals surface area contributed by atoms with Gasteiger partial charge >= 0.3 is 37.5 Å². The SMILES string of the molecule is Pc1ccc[cH-]1.[Cl-].[Cl-].[Fe+2].[Pd+2].c1cc[cH-]c1. The average Bonchev–Trinajstić information content (AvgIpc) is 2.57. The fourth-order valence-corrected chi connectivity index (χ4v) is 0.932. The Morgan fingerprint density at radius 2 is 1.47 bits per heavy atom. The fourth-order valence-electron chi connectivity index (χ4n) is 0.710. The molecule has 0 saturated heterocycles. The molecule has 0 aromatic heterocycles. The number of rotatable bonds is 0. The molecule has 0 bridgehead atoms. The molecule has 1 atom stereocenters. The zero-order chi connectivity index (χ0) is 7.94. The maximum Gasteiger partial charge on any atom is 2.00 e. The van der Waals surface area contributed by atoms with Gasteiger partial charge in [0.15, 0.2) is 0 Å². The minimum atomic E-state index is 0. The Morgan fingerprint density at radius 3 is 1.60 bits per heavy atom. The van der Waals surface area contributed by atoms with Gasteiger partial charge in [-0.25, -0.2) is 24.3 Å². The first-order chi connectivity index (χ1) is 5.39. The van der Waals surface area contributed by atoms with Crippen LogP contribution in [0.2, 0.25) is 0 Å². The molecule has 1 unspecified atom stereocenters. The number of halogens is 2. The molecule has 0 heterocycles. The average molecular weight is 395 g/mol. The smallest absolute Gasteiger partial charge is 1.00 e. The predicted octanol–water partition coefficient (Wildman–Crippen LogP) is -3.69. The maximum absolute atomic E-state index is 2.62. The van der Waals surface area contributed by atoms with Crippen molar-refractivity contribution in [1.82, 2.24) is 0 Å².